The van der Waals surface area contributed by atoms with Crippen molar-refractivity contribution < 1.29 is 25.9 Å². The molecule has 11 heteroatoms. The first-order valence-electron chi connectivity index (χ1n) is 10.8. The summed E-state index contributed by atoms with van der Waals surface area (Å²) in [5.41, 5.74) is 2.39. The van der Waals surface area contributed by atoms with Crippen molar-refractivity contribution >= 4 is 56.7 Å². The summed E-state index contributed by atoms with van der Waals surface area (Å²) in [6.07, 6.45) is 2.67. The van der Waals surface area contributed by atoms with Crippen LogP contribution in [-0.4, -0.2) is 24.2 Å². The van der Waals surface area contributed by atoms with E-state index in [2.05, 4.69) is 23.6 Å². The number of nitrogens with one attached hydrogen (secondary N) is 1. The van der Waals surface area contributed by atoms with Gasteiger partial charge in [-0.05, 0) is 0 Å². The summed E-state index contributed by atoms with van der Waals surface area (Å²) in [6.45, 7) is 6.13. The summed E-state index contributed by atoms with van der Waals surface area (Å²) in [5, 5.41) is 2.41. The molecule has 36 heavy (non-hydrogen) atoms. The number of sulfonamides is 1. The third kappa shape index (κ3) is 5.50. The minimum atomic E-state index is -3.34. The Balaban J connectivity index is 1.91. The number of aromatic amines is 1. The number of fused-ring (bicyclic) bond motifs is 1. The fourth-order valence-electron chi connectivity index (χ4n) is 3.91. The van der Waals surface area contributed by atoms with E-state index in [-0.39, 0.29) is 5.41 Å². The third-order valence-corrected chi connectivity index (χ3v) is 14.5. The number of hydrogen-bond donors (Lipinski definition) is 1. The Hall–Kier alpha value is -1.90. The van der Waals surface area contributed by atoms with Crippen LogP contribution in [0.5, 0.6) is 0 Å². The Labute approximate surface area is 234 Å². The van der Waals surface area contributed by atoms with Crippen LogP contribution in [0.1, 0.15) is 26.3 Å². The van der Waals surface area contributed by atoms with E-state index in [1.54, 1.807) is 0 Å². The summed E-state index contributed by atoms with van der Waals surface area (Å²) in [6, 6.07) is 16.5. The second kappa shape index (κ2) is 10.1. The van der Waals surface area contributed by atoms with E-state index in [0.29, 0.717) is 16.4 Å². The standard InChI is InChI=1S/C25H23ClI2N3O4S/c1-25(2,3)21-14-19(30-10-9-22(32)29-24(30)33)13-20(23(21)26)17-6-5-16-12-18(8-7-15(16)11-17)31(28-27)36(4,34)35/h5-14H,1-4H3,(H,29,32,33)/q-1. The van der Waals surface area contributed by atoms with E-state index >= 15 is 0 Å². The van der Waals surface area contributed by atoms with Gasteiger partial charge in [-0.2, -0.15) is 0 Å². The maximum atomic E-state index is 12.5. The molecule has 0 saturated carbocycles. The Morgan fingerprint density at radius 2 is 1.67 bits per heavy atom. The predicted molar refractivity (Wildman–Crippen MR) is 151 cm³/mol. The van der Waals surface area contributed by atoms with Crippen LogP contribution in [0.25, 0.3) is 27.6 Å². The number of rotatable bonds is 5. The number of benzene rings is 3. The molecule has 0 aliphatic carbocycles. The molecule has 0 aliphatic rings. The number of anilines is 1. The summed E-state index contributed by atoms with van der Waals surface area (Å²) in [4.78, 5) is 26.4. The maximum absolute atomic E-state index is 12.5. The molecular weight excluding hydrogens is 728 g/mol. The van der Waals surface area contributed by atoms with Gasteiger partial charge in [0.05, 0.1) is 0 Å². The van der Waals surface area contributed by atoms with Gasteiger partial charge in [0.25, 0.3) is 5.56 Å². The van der Waals surface area contributed by atoms with Gasteiger partial charge >= 0.3 is 210 Å². The summed E-state index contributed by atoms with van der Waals surface area (Å²) in [7, 11) is -3.34. The van der Waals surface area contributed by atoms with Crippen LogP contribution >= 0.6 is 30.2 Å². The van der Waals surface area contributed by atoms with E-state index in [0.717, 1.165) is 27.5 Å². The Morgan fingerprint density at radius 3 is 2.28 bits per heavy atom. The van der Waals surface area contributed by atoms with E-state index in [9.17, 15) is 18.0 Å². The molecule has 0 aliphatic heterocycles. The molecule has 4 rings (SSSR count). The second-order valence-electron chi connectivity index (χ2n) is 9.37. The van der Waals surface area contributed by atoms with Crippen LogP contribution in [0.3, 0.4) is 0 Å². The molecule has 190 valence electrons. The van der Waals surface area contributed by atoms with Gasteiger partial charge in [-0.1, -0.05) is 0 Å². The summed E-state index contributed by atoms with van der Waals surface area (Å²) in [5.74, 6) is 0. The van der Waals surface area contributed by atoms with Crippen LogP contribution in [0, 0.1) is 0 Å². The average molecular weight is 751 g/mol. The number of nitrogens with zero attached hydrogens (tertiary/aromatic N) is 2. The molecule has 0 bridgehead atoms. The van der Waals surface area contributed by atoms with Gasteiger partial charge in [-0.15, -0.1) is 0 Å². The van der Waals surface area contributed by atoms with Crippen molar-refractivity contribution in [3.63, 3.8) is 0 Å². The van der Waals surface area contributed by atoms with Gasteiger partial charge in [0.1, 0.15) is 0 Å². The molecular formula is C25H23ClI2N3O4S-. The molecule has 0 unspecified atom stereocenters. The normalized spacial score (nSPS) is 12.3. The predicted octanol–water partition coefficient (Wildman–Crippen LogP) is 2.42. The van der Waals surface area contributed by atoms with Crippen molar-refractivity contribution in [1.29, 1.82) is 0 Å². The third-order valence-electron chi connectivity index (χ3n) is 5.65. The van der Waals surface area contributed by atoms with Crippen molar-refractivity contribution in [3.8, 4) is 16.8 Å². The topological polar surface area (TPSA) is 92.2 Å². The number of H-pyrrole nitrogens is 1. The molecule has 0 fully saturated rings. The number of halogens is 3. The van der Waals surface area contributed by atoms with Crippen molar-refractivity contribution in [2.75, 3.05) is 8.77 Å². The van der Waals surface area contributed by atoms with Crippen molar-refractivity contribution in [2.45, 2.75) is 26.2 Å². The van der Waals surface area contributed by atoms with Gasteiger partial charge in [-0.25, -0.2) is 4.79 Å². The molecule has 0 radical (unpaired) electrons. The van der Waals surface area contributed by atoms with Crippen LogP contribution in [0.15, 0.2) is 70.4 Å². The van der Waals surface area contributed by atoms with E-state index < -0.39 is 38.8 Å². The first-order chi connectivity index (χ1) is 16.8. The second-order valence-corrected chi connectivity index (χ2v) is 16.0. The molecule has 4 aromatic rings. The van der Waals surface area contributed by atoms with Crippen molar-refractivity contribution in [3.05, 3.63) is 92.2 Å². The molecule has 0 spiro atoms. The first kappa shape index (κ1) is 27.1. The summed E-state index contributed by atoms with van der Waals surface area (Å²) < 4.78 is 27.2. The van der Waals surface area contributed by atoms with Crippen LogP contribution in [-0.2, 0) is 15.4 Å². The number of hydrogen-bond acceptors (Lipinski definition) is 4. The Bertz CT molecular complexity index is 1710. The van der Waals surface area contributed by atoms with E-state index in [4.69, 9.17) is 11.6 Å². The van der Waals surface area contributed by atoms with Gasteiger partial charge in [0.2, 0.25) is 0 Å². The van der Waals surface area contributed by atoms with Gasteiger partial charge in [0, 0.05) is 6.07 Å². The van der Waals surface area contributed by atoms with E-state index in [1.165, 1.54) is 25.6 Å². The Kier molecular flexibility index (Phi) is 7.62. The monoisotopic (exact) mass is 750 g/mol. The van der Waals surface area contributed by atoms with Crippen LogP contribution < -0.4 is 31.3 Å². The molecule has 0 amide bonds. The van der Waals surface area contributed by atoms with Gasteiger partial charge in [0.15, 0.2) is 0 Å². The van der Waals surface area contributed by atoms with Gasteiger partial charge in [-0.3, -0.25) is 9.78 Å². The van der Waals surface area contributed by atoms with Crippen molar-refractivity contribution in [1.82, 2.24) is 9.55 Å². The zero-order valence-electron chi connectivity index (χ0n) is 19.8. The summed E-state index contributed by atoms with van der Waals surface area (Å²) >= 11 is 8.33. The minimum absolute atomic E-state index is 0.309. The molecule has 3 aromatic carbocycles. The fourth-order valence-corrected chi connectivity index (χ4v) is 13.2. The Morgan fingerprint density at radius 1 is 1.00 bits per heavy atom. The quantitative estimate of drug-likeness (QED) is 0.251. The van der Waals surface area contributed by atoms with Crippen LogP contribution in [0.4, 0.5) is 5.69 Å². The molecule has 1 heterocycles. The molecule has 1 N–H and O–H groups in total. The molecule has 1 aromatic heterocycles. The fraction of sp³-hybridized carbons (Fsp3) is 0.200. The molecule has 0 saturated heterocycles. The molecule has 7 nitrogen and oxygen atoms in total. The van der Waals surface area contributed by atoms with Gasteiger partial charge < -0.3 is 0 Å². The molecule has 0 atom stereocenters. The average Bonchev–Trinajstić information content (AvgIpc) is 2.78. The van der Waals surface area contributed by atoms with Crippen LogP contribution in [0.2, 0.25) is 5.02 Å². The van der Waals surface area contributed by atoms with E-state index in [1.807, 2.05) is 69.3 Å². The SMILES string of the molecule is CC(C)(C)c1cc(-n2ccc(=O)[nH]c2=O)cc(-c2ccc3cc(N([I-]I)S(C)(=O)=O)ccc3c2)c1Cl. The first-order valence-corrected chi connectivity index (χ1v) is 20.2. The number of aromatic nitrogens is 2. The van der Waals surface area contributed by atoms with Crippen molar-refractivity contribution in [2.24, 2.45) is 0 Å². The zero-order valence-corrected chi connectivity index (χ0v) is 25.7. The zero-order chi connectivity index (χ0) is 26.4.